The van der Waals surface area contributed by atoms with E-state index in [-0.39, 0.29) is 17.5 Å². The van der Waals surface area contributed by atoms with Crippen molar-refractivity contribution >= 4 is 10.0 Å². The summed E-state index contributed by atoms with van der Waals surface area (Å²) in [6.45, 7) is 5.21. The first-order valence-corrected chi connectivity index (χ1v) is 8.09. The fourth-order valence-corrected chi connectivity index (χ4v) is 3.28. The lowest BCUT2D eigenvalue weighted by molar-refractivity contribution is -0.0229. The van der Waals surface area contributed by atoms with Gasteiger partial charge in [0.2, 0.25) is 10.0 Å². The maximum atomic E-state index is 13.5. The molecule has 20 heavy (non-hydrogen) atoms. The minimum Gasteiger partial charge on any atom is -0.374 e. The van der Waals surface area contributed by atoms with Crippen molar-refractivity contribution < 1.29 is 17.5 Å². The second kappa shape index (κ2) is 6.62. The summed E-state index contributed by atoms with van der Waals surface area (Å²) in [5, 5.41) is 0. The van der Waals surface area contributed by atoms with E-state index < -0.39 is 15.8 Å². The number of hydrogen-bond acceptors (Lipinski definition) is 4. The first-order valence-electron chi connectivity index (χ1n) is 6.61. The van der Waals surface area contributed by atoms with Crippen molar-refractivity contribution in [3.63, 3.8) is 0 Å². The van der Waals surface area contributed by atoms with Gasteiger partial charge < -0.3 is 4.74 Å². The van der Waals surface area contributed by atoms with Crippen molar-refractivity contribution in [3.05, 3.63) is 30.1 Å². The molecule has 1 atom stereocenters. The van der Waals surface area contributed by atoms with E-state index in [9.17, 15) is 12.8 Å². The fraction of sp³-hybridized carbons (Fsp3) is 0.538. The van der Waals surface area contributed by atoms with E-state index in [4.69, 9.17) is 4.74 Å². The number of likely N-dealkylation sites (N-methyl/N-ethyl adjacent to an activating group) is 1. The number of benzene rings is 1. The van der Waals surface area contributed by atoms with Crippen LogP contribution in [0.4, 0.5) is 4.39 Å². The average Bonchev–Trinajstić information content (AvgIpc) is 2.46. The molecule has 0 aromatic heterocycles. The van der Waals surface area contributed by atoms with Crippen molar-refractivity contribution in [2.75, 3.05) is 32.8 Å². The summed E-state index contributed by atoms with van der Waals surface area (Å²) in [6, 6.07) is 5.33. The van der Waals surface area contributed by atoms with Gasteiger partial charge in [0.25, 0.3) is 0 Å². The van der Waals surface area contributed by atoms with Crippen molar-refractivity contribution in [1.82, 2.24) is 9.62 Å². The van der Waals surface area contributed by atoms with Crippen LogP contribution in [0.5, 0.6) is 0 Å². The first kappa shape index (κ1) is 15.4. The molecular weight excluding hydrogens is 283 g/mol. The molecule has 1 aromatic carbocycles. The van der Waals surface area contributed by atoms with Crippen LogP contribution in [0.3, 0.4) is 0 Å². The maximum absolute atomic E-state index is 13.5. The van der Waals surface area contributed by atoms with Crippen molar-refractivity contribution in [2.24, 2.45) is 0 Å². The Morgan fingerprint density at radius 1 is 1.45 bits per heavy atom. The normalized spacial score (nSPS) is 21.0. The van der Waals surface area contributed by atoms with Gasteiger partial charge in [-0.15, -0.1) is 0 Å². The second-order valence-electron chi connectivity index (χ2n) is 4.67. The molecule has 0 saturated carbocycles. The van der Waals surface area contributed by atoms with Crippen LogP contribution in [-0.4, -0.2) is 52.2 Å². The molecule has 0 amide bonds. The van der Waals surface area contributed by atoms with Crippen LogP contribution in [0.1, 0.15) is 6.92 Å². The van der Waals surface area contributed by atoms with Gasteiger partial charge in [-0.3, -0.25) is 4.90 Å². The number of hydrogen-bond donors (Lipinski definition) is 1. The van der Waals surface area contributed by atoms with Gasteiger partial charge in [-0.25, -0.2) is 17.5 Å². The zero-order valence-electron chi connectivity index (χ0n) is 11.4. The maximum Gasteiger partial charge on any atom is 0.243 e. The molecule has 1 aliphatic heterocycles. The SMILES string of the molecule is CCN1CCOC(CNS(=O)(=O)c2ccccc2F)C1. The number of halogens is 1. The fourth-order valence-electron chi connectivity index (χ4n) is 2.13. The van der Waals surface area contributed by atoms with Crippen molar-refractivity contribution in [1.29, 1.82) is 0 Å². The monoisotopic (exact) mass is 302 g/mol. The Labute approximate surface area is 118 Å². The summed E-state index contributed by atoms with van der Waals surface area (Å²) < 4.78 is 45.5. The lowest BCUT2D eigenvalue weighted by Gasteiger charge is -2.32. The van der Waals surface area contributed by atoms with Crippen molar-refractivity contribution in [2.45, 2.75) is 17.9 Å². The highest BCUT2D eigenvalue weighted by Gasteiger charge is 2.23. The molecule has 0 spiro atoms. The molecule has 1 aliphatic rings. The Hall–Kier alpha value is -1.02. The Morgan fingerprint density at radius 2 is 2.20 bits per heavy atom. The molecule has 5 nitrogen and oxygen atoms in total. The van der Waals surface area contributed by atoms with Crippen LogP contribution in [-0.2, 0) is 14.8 Å². The number of sulfonamides is 1. The van der Waals surface area contributed by atoms with Crippen LogP contribution in [0.25, 0.3) is 0 Å². The second-order valence-corrected chi connectivity index (χ2v) is 6.40. The molecule has 1 saturated heterocycles. The topological polar surface area (TPSA) is 58.6 Å². The van der Waals surface area contributed by atoms with Crippen LogP contribution in [0.15, 0.2) is 29.2 Å². The number of ether oxygens (including phenoxy) is 1. The summed E-state index contributed by atoms with van der Waals surface area (Å²) in [5.74, 6) is -0.750. The minimum absolute atomic E-state index is 0.146. The zero-order chi connectivity index (χ0) is 14.6. The Bertz CT molecular complexity index is 550. The van der Waals surface area contributed by atoms with E-state index in [2.05, 4.69) is 9.62 Å². The van der Waals surface area contributed by atoms with Gasteiger partial charge in [0.05, 0.1) is 12.7 Å². The highest BCUT2D eigenvalue weighted by Crippen LogP contribution is 2.13. The molecule has 0 aliphatic carbocycles. The molecule has 1 fully saturated rings. The third-order valence-electron chi connectivity index (χ3n) is 3.30. The third kappa shape index (κ3) is 3.76. The van der Waals surface area contributed by atoms with Gasteiger partial charge in [0.1, 0.15) is 10.7 Å². The summed E-state index contributed by atoms with van der Waals surface area (Å²) in [7, 11) is -3.84. The smallest absolute Gasteiger partial charge is 0.243 e. The molecule has 112 valence electrons. The highest BCUT2D eigenvalue weighted by molar-refractivity contribution is 7.89. The van der Waals surface area contributed by atoms with E-state index in [1.165, 1.54) is 18.2 Å². The predicted octanol–water partition coefficient (Wildman–Crippen LogP) is 0.825. The lowest BCUT2D eigenvalue weighted by atomic mass is 10.3. The molecule has 0 bridgehead atoms. The summed E-state index contributed by atoms with van der Waals surface area (Å²) in [6.07, 6.45) is -0.203. The lowest BCUT2D eigenvalue weighted by Crippen LogP contribution is -2.47. The molecule has 2 rings (SSSR count). The van der Waals surface area contributed by atoms with Gasteiger partial charge in [0, 0.05) is 19.6 Å². The molecule has 1 aromatic rings. The average molecular weight is 302 g/mol. The van der Waals surface area contributed by atoms with Crippen LogP contribution < -0.4 is 4.72 Å². The number of nitrogens with zero attached hydrogens (tertiary/aromatic N) is 1. The minimum atomic E-state index is -3.84. The first-order chi connectivity index (χ1) is 9.53. The van der Waals surface area contributed by atoms with Gasteiger partial charge >= 0.3 is 0 Å². The highest BCUT2D eigenvalue weighted by atomic mass is 32.2. The van der Waals surface area contributed by atoms with E-state index in [0.29, 0.717) is 13.2 Å². The summed E-state index contributed by atoms with van der Waals surface area (Å²) in [4.78, 5) is 1.86. The van der Waals surface area contributed by atoms with E-state index >= 15 is 0 Å². The number of morpholine rings is 1. The van der Waals surface area contributed by atoms with Crippen LogP contribution in [0, 0.1) is 5.82 Å². The molecule has 1 unspecified atom stereocenters. The number of nitrogens with one attached hydrogen (secondary N) is 1. The van der Waals surface area contributed by atoms with E-state index in [1.54, 1.807) is 0 Å². The van der Waals surface area contributed by atoms with Crippen LogP contribution >= 0.6 is 0 Å². The van der Waals surface area contributed by atoms with Crippen LogP contribution in [0.2, 0.25) is 0 Å². The van der Waals surface area contributed by atoms with Crippen molar-refractivity contribution in [3.8, 4) is 0 Å². The molecule has 7 heteroatoms. The largest absolute Gasteiger partial charge is 0.374 e. The molecule has 1 N–H and O–H groups in total. The summed E-state index contributed by atoms with van der Waals surface area (Å²) in [5.41, 5.74) is 0. The third-order valence-corrected chi connectivity index (χ3v) is 4.75. The molecule has 0 radical (unpaired) electrons. The standard InChI is InChI=1S/C13H19FN2O3S/c1-2-16-7-8-19-11(10-16)9-15-20(17,18)13-6-4-3-5-12(13)14/h3-6,11,15H,2,7-10H2,1H3. The Balaban J connectivity index is 1.98. The quantitative estimate of drug-likeness (QED) is 0.875. The van der Waals surface area contributed by atoms with E-state index in [0.717, 1.165) is 19.2 Å². The zero-order valence-corrected chi connectivity index (χ0v) is 12.2. The Kier molecular flexibility index (Phi) is 5.09. The van der Waals surface area contributed by atoms with Gasteiger partial charge in [0.15, 0.2) is 0 Å². The van der Waals surface area contributed by atoms with E-state index in [1.807, 2.05) is 6.92 Å². The van der Waals surface area contributed by atoms with Gasteiger partial charge in [-0.05, 0) is 18.7 Å². The van der Waals surface area contributed by atoms with Gasteiger partial charge in [-0.1, -0.05) is 19.1 Å². The molecule has 1 heterocycles. The summed E-state index contributed by atoms with van der Waals surface area (Å²) >= 11 is 0. The predicted molar refractivity (Wildman–Crippen MR) is 73.4 cm³/mol. The Morgan fingerprint density at radius 3 is 2.90 bits per heavy atom. The van der Waals surface area contributed by atoms with Gasteiger partial charge in [-0.2, -0.15) is 0 Å². The molecular formula is C13H19FN2O3S. The number of rotatable bonds is 5.